The summed E-state index contributed by atoms with van der Waals surface area (Å²) in [6, 6.07) is 18.6. The third kappa shape index (κ3) is 4.13. The minimum absolute atomic E-state index is 0.180. The molecule has 0 fully saturated rings. The van der Waals surface area contributed by atoms with Gasteiger partial charge in [0.25, 0.3) is 5.56 Å². The summed E-state index contributed by atoms with van der Waals surface area (Å²) in [7, 11) is 4.69. The van der Waals surface area contributed by atoms with Gasteiger partial charge in [0.15, 0.2) is 17.3 Å². The molecule has 3 aromatic carbocycles. The zero-order valence-corrected chi connectivity index (χ0v) is 19.5. The lowest BCUT2D eigenvalue weighted by molar-refractivity contribution is 0.324. The van der Waals surface area contributed by atoms with Crippen LogP contribution in [0.1, 0.15) is 5.56 Å². The molecule has 4 rings (SSSR count). The fraction of sp³-hybridized carbons (Fsp3) is 0.167. The number of rotatable bonds is 7. The molecule has 0 saturated heterocycles. The molecule has 164 valence electrons. The lowest BCUT2D eigenvalue weighted by atomic mass is 10.1. The topological polar surface area (TPSA) is 74.6 Å². The zero-order chi connectivity index (χ0) is 22.7. The number of fused-ring (bicyclic) bond motifs is 1. The van der Waals surface area contributed by atoms with Crippen LogP contribution >= 0.6 is 15.9 Å². The highest BCUT2D eigenvalue weighted by molar-refractivity contribution is 9.10. The largest absolute Gasteiger partial charge is 0.493 e. The van der Waals surface area contributed by atoms with E-state index in [1.807, 2.05) is 54.6 Å². The van der Waals surface area contributed by atoms with Gasteiger partial charge in [-0.15, -0.1) is 0 Å². The SMILES string of the molecule is COc1cc(CNn2c(-c3ccc(Br)cc3)nc3ccccc3c2=O)cc(OC)c1OC. The lowest BCUT2D eigenvalue weighted by Crippen LogP contribution is -2.31. The monoisotopic (exact) mass is 495 g/mol. The van der Waals surface area contributed by atoms with Crippen LogP contribution < -0.4 is 25.2 Å². The summed E-state index contributed by atoms with van der Waals surface area (Å²) in [5.74, 6) is 2.12. The van der Waals surface area contributed by atoms with Crippen LogP contribution in [0.15, 0.2) is 69.9 Å². The number of hydrogen-bond acceptors (Lipinski definition) is 6. The third-order valence-corrected chi connectivity index (χ3v) is 5.57. The van der Waals surface area contributed by atoms with E-state index in [-0.39, 0.29) is 5.56 Å². The van der Waals surface area contributed by atoms with E-state index < -0.39 is 0 Å². The number of para-hydroxylation sites is 1. The molecule has 0 aliphatic rings. The highest BCUT2D eigenvalue weighted by Crippen LogP contribution is 2.38. The summed E-state index contributed by atoms with van der Waals surface area (Å²) in [5.41, 5.74) is 5.34. The molecule has 0 aliphatic heterocycles. The first-order valence-corrected chi connectivity index (χ1v) is 10.7. The van der Waals surface area contributed by atoms with Crippen molar-refractivity contribution in [2.45, 2.75) is 6.54 Å². The molecule has 4 aromatic rings. The summed E-state index contributed by atoms with van der Waals surface area (Å²) >= 11 is 3.45. The number of benzene rings is 3. The number of ether oxygens (including phenoxy) is 3. The van der Waals surface area contributed by atoms with Crippen molar-refractivity contribution in [1.29, 1.82) is 0 Å². The van der Waals surface area contributed by atoms with Gasteiger partial charge < -0.3 is 19.6 Å². The molecular weight excluding hydrogens is 474 g/mol. The van der Waals surface area contributed by atoms with Gasteiger partial charge in [0.1, 0.15) is 0 Å². The van der Waals surface area contributed by atoms with Gasteiger partial charge in [-0.2, -0.15) is 0 Å². The first-order valence-electron chi connectivity index (χ1n) is 9.86. The van der Waals surface area contributed by atoms with Crippen molar-refractivity contribution in [3.63, 3.8) is 0 Å². The predicted molar refractivity (Wildman–Crippen MR) is 128 cm³/mol. The first kappa shape index (κ1) is 21.7. The number of halogens is 1. The molecular formula is C24H22BrN3O4. The van der Waals surface area contributed by atoms with Crippen LogP contribution in [0.2, 0.25) is 0 Å². The van der Waals surface area contributed by atoms with E-state index in [4.69, 9.17) is 19.2 Å². The molecule has 1 heterocycles. The van der Waals surface area contributed by atoms with Gasteiger partial charge >= 0.3 is 0 Å². The Balaban J connectivity index is 1.79. The molecule has 0 amide bonds. The van der Waals surface area contributed by atoms with Gasteiger partial charge in [0.05, 0.1) is 38.8 Å². The van der Waals surface area contributed by atoms with Crippen molar-refractivity contribution in [2.24, 2.45) is 0 Å². The van der Waals surface area contributed by atoms with Gasteiger partial charge in [-0.25, -0.2) is 9.66 Å². The van der Waals surface area contributed by atoms with E-state index in [0.29, 0.717) is 40.5 Å². The summed E-state index contributed by atoms with van der Waals surface area (Å²) < 4.78 is 18.7. The van der Waals surface area contributed by atoms with Gasteiger partial charge in [-0.3, -0.25) is 4.79 Å². The van der Waals surface area contributed by atoms with Crippen LogP contribution in [-0.2, 0) is 6.54 Å². The van der Waals surface area contributed by atoms with Crippen molar-refractivity contribution < 1.29 is 14.2 Å². The molecule has 8 heteroatoms. The molecule has 0 saturated carbocycles. The van der Waals surface area contributed by atoms with Crippen molar-refractivity contribution in [2.75, 3.05) is 26.8 Å². The van der Waals surface area contributed by atoms with Gasteiger partial charge in [-0.05, 0) is 42.0 Å². The fourth-order valence-corrected chi connectivity index (χ4v) is 3.74. The maximum atomic E-state index is 13.3. The van der Waals surface area contributed by atoms with E-state index in [1.54, 1.807) is 27.4 Å². The second-order valence-electron chi connectivity index (χ2n) is 6.97. The van der Waals surface area contributed by atoms with Crippen LogP contribution in [0.25, 0.3) is 22.3 Å². The Morgan fingerprint density at radius 1 is 0.938 bits per heavy atom. The minimum atomic E-state index is -0.180. The Hall–Kier alpha value is -3.52. The predicted octanol–water partition coefficient (Wildman–Crippen LogP) is 4.60. The Labute approximate surface area is 193 Å². The van der Waals surface area contributed by atoms with Crippen molar-refractivity contribution in [3.05, 3.63) is 81.1 Å². The Morgan fingerprint density at radius 2 is 1.59 bits per heavy atom. The maximum absolute atomic E-state index is 13.3. The molecule has 0 aliphatic carbocycles. The van der Waals surface area contributed by atoms with Crippen LogP contribution in [0, 0.1) is 0 Å². The lowest BCUT2D eigenvalue weighted by Gasteiger charge is -2.17. The van der Waals surface area contributed by atoms with Crippen LogP contribution in [-0.4, -0.2) is 31.0 Å². The number of methoxy groups -OCH3 is 3. The van der Waals surface area contributed by atoms with E-state index in [0.717, 1.165) is 15.6 Å². The van der Waals surface area contributed by atoms with Gasteiger partial charge in [0.2, 0.25) is 5.75 Å². The molecule has 1 N–H and O–H groups in total. The van der Waals surface area contributed by atoms with Crippen molar-refractivity contribution >= 4 is 26.8 Å². The molecule has 1 aromatic heterocycles. The Morgan fingerprint density at radius 3 is 2.22 bits per heavy atom. The van der Waals surface area contributed by atoms with Crippen molar-refractivity contribution in [3.8, 4) is 28.6 Å². The molecule has 0 bridgehead atoms. The summed E-state index contributed by atoms with van der Waals surface area (Å²) in [4.78, 5) is 18.1. The molecule has 32 heavy (non-hydrogen) atoms. The highest BCUT2D eigenvalue weighted by atomic mass is 79.9. The average molecular weight is 496 g/mol. The van der Waals surface area contributed by atoms with Crippen LogP contribution in [0.3, 0.4) is 0 Å². The first-order chi connectivity index (χ1) is 15.5. The van der Waals surface area contributed by atoms with Gasteiger partial charge in [0, 0.05) is 10.0 Å². The highest BCUT2D eigenvalue weighted by Gasteiger charge is 2.15. The number of hydrogen-bond donors (Lipinski definition) is 1. The minimum Gasteiger partial charge on any atom is -0.493 e. The third-order valence-electron chi connectivity index (χ3n) is 5.04. The summed E-state index contributed by atoms with van der Waals surface area (Å²) in [5, 5.41) is 0.533. The molecule has 0 spiro atoms. The molecule has 0 radical (unpaired) electrons. The standard InChI is InChI=1S/C24H22BrN3O4/c1-30-20-12-15(13-21(31-2)22(20)32-3)14-26-28-23(16-8-10-17(25)11-9-16)27-19-7-5-4-6-18(19)24(28)29/h4-13,26H,14H2,1-3H3. The van der Waals surface area contributed by atoms with Crippen molar-refractivity contribution in [1.82, 2.24) is 9.66 Å². The maximum Gasteiger partial charge on any atom is 0.280 e. The normalized spacial score (nSPS) is 10.8. The second kappa shape index (κ2) is 9.32. The van der Waals surface area contributed by atoms with E-state index >= 15 is 0 Å². The molecule has 7 nitrogen and oxygen atoms in total. The quantitative estimate of drug-likeness (QED) is 0.404. The molecule has 0 atom stereocenters. The number of nitrogens with zero attached hydrogens (tertiary/aromatic N) is 2. The second-order valence-corrected chi connectivity index (χ2v) is 7.88. The van der Waals surface area contributed by atoms with Crippen LogP contribution in [0.4, 0.5) is 0 Å². The van der Waals surface area contributed by atoms with E-state index in [2.05, 4.69) is 21.4 Å². The van der Waals surface area contributed by atoms with E-state index in [1.165, 1.54) is 4.68 Å². The summed E-state index contributed by atoms with van der Waals surface area (Å²) in [6.07, 6.45) is 0. The van der Waals surface area contributed by atoms with Crippen LogP contribution in [0.5, 0.6) is 17.2 Å². The fourth-order valence-electron chi connectivity index (χ4n) is 3.48. The zero-order valence-electron chi connectivity index (χ0n) is 17.9. The summed E-state index contributed by atoms with van der Waals surface area (Å²) in [6.45, 7) is 0.334. The Bertz CT molecular complexity index is 1290. The average Bonchev–Trinajstić information content (AvgIpc) is 2.83. The van der Waals surface area contributed by atoms with Gasteiger partial charge in [-0.1, -0.05) is 40.2 Å². The smallest absolute Gasteiger partial charge is 0.280 e. The number of nitrogens with one attached hydrogen (secondary N) is 1. The molecule has 0 unspecified atom stereocenters. The number of aromatic nitrogens is 2. The Kier molecular flexibility index (Phi) is 6.32. The van der Waals surface area contributed by atoms with E-state index in [9.17, 15) is 4.79 Å².